The van der Waals surface area contributed by atoms with E-state index in [0.717, 1.165) is 12.8 Å². The molecule has 7 nitrogen and oxygen atoms in total. The molecule has 8 heteroatoms. The number of nitrogens with zero attached hydrogens (tertiary/aromatic N) is 1. The van der Waals surface area contributed by atoms with E-state index < -0.39 is 21.7 Å². The number of carboxylic acids is 1. The Morgan fingerprint density at radius 1 is 1.36 bits per heavy atom. The lowest BCUT2D eigenvalue weighted by Gasteiger charge is -2.27. The molecule has 1 atom stereocenters. The third-order valence-electron chi connectivity index (χ3n) is 3.69. The maximum atomic E-state index is 12.5. The molecule has 122 valence electrons. The molecule has 0 aromatic carbocycles. The molecule has 2 rings (SSSR count). The Kier molecular flexibility index (Phi) is 4.90. The predicted molar refractivity (Wildman–Crippen MR) is 78.7 cm³/mol. The van der Waals surface area contributed by atoms with Crippen LogP contribution in [0.1, 0.15) is 47.3 Å². The van der Waals surface area contributed by atoms with Gasteiger partial charge in [0, 0.05) is 12.6 Å². The summed E-state index contributed by atoms with van der Waals surface area (Å²) in [5, 5.41) is 8.84. The number of carbonyl (C=O) groups is 2. The number of sulfone groups is 1. The van der Waals surface area contributed by atoms with Gasteiger partial charge in [0.2, 0.25) is 5.76 Å². The maximum Gasteiger partial charge on any atom is 0.371 e. The van der Waals surface area contributed by atoms with Gasteiger partial charge in [-0.2, -0.15) is 0 Å². The van der Waals surface area contributed by atoms with Crippen molar-refractivity contribution in [1.29, 1.82) is 0 Å². The minimum absolute atomic E-state index is 0.0467. The monoisotopic (exact) mass is 329 g/mol. The smallest absolute Gasteiger partial charge is 0.371 e. The van der Waals surface area contributed by atoms with Crippen LogP contribution >= 0.6 is 0 Å². The lowest BCUT2D eigenvalue weighted by Crippen LogP contribution is -2.41. The van der Waals surface area contributed by atoms with Crippen molar-refractivity contribution in [2.45, 2.75) is 32.2 Å². The molecular formula is C14H19NO6S. The largest absolute Gasteiger partial charge is 0.475 e. The number of unbranched alkanes of at least 4 members (excludes halogenated alkanes) is 1. The lowest BCUT2D eigenvalue weighted by atomic mass is 10.2. The quantitative estimate of drug-likeness (QED) is 0.846. The van der Waals surface area contributed by atoms with Crippen molar-refractivity contribution in [2.75, 3.05) is 18.1 Å². The predicted octanol–water partition coefficient (Wildman–Crippen LogP) is 1.41. The summed E-state index contributed by atoms with van der Waals surface area (Å²) in [5.41, 5.74) is 0. The fourth-order valence-electron chi connectivity index (χ4n) is 2.51. The Bertz CT molecular complexity index is 663. The molecule has 22 heavy (non-hydrogen) atoms. The average molecular weight is 329 g/mol. The van der Waals surface area contributed by atoms with Crippen molar-refractivity contribution in [3.8, 4) is 0 Å². The Morgan fingerprint density at radius 3 is 2.55 bits per heavy atom. The maximum absolute atomic E-state index is 12.5. The molecular weight excluding hydrogens is 310 g/mol. The van der Waals surface area contributed by atoms with Crippen LogP contribution in [0.4, 0.5) is 0 Å². The van der Waals surface area contributed by atoms with Crippen LogP contribution < -0.4 is 0 Å². The number of rotatable bonds is 6. The molecule has 0 spiro atoms. The molecule has 2 heterocycles. The van der Waals surface area contributed by atoms with E-state index in [9.17, 15) is 18.0 Å². The highest BCUT2D eigenvalue weighted by atomic mass is 32.2. The fourth-order valence-corrected chi connectivity index (χ4v) is 4.24. The van der Waals surface area contributed by atoms with Gasteiger partial charge in [0.1, 0.15) is 0 Å². The van der Waals surface area contributed by atoms with Gasteiger partial charge in [-0.25, -0.2) is 13.2 Å². The van der Waals surface area contributed by atoms with Crippen molar-refractivity contribution >= 4 is 21.7 Å². The lowest BCUT2D eigenvalue weighted by molar-refractivity contribution is 0.0631. The fraction of sp³-hybridized carbons (Fsp3) is 0.571. The second-order valence-corrected chi connectivity index (χ2v) is 7.61. The number of carboxylic acid groups (broad SMARTS) is 1. The van der Waals surface area contributed by atoms with Crippen molar-refractivity contribution in [1.82, 2.24) is 4.90 Å². The van der Waals surface area contributed by atoms with Crippen molar-refractivity contribution < 1.29 is 27.5 Å². The Hall–Kier alpha value is -1.83. The highest BCUT2D eigenvalue weighted by Crippen LogP contribution is 2.21. The number of amides is 1. The van der Waals surface area contributed by atoms with Crippen LogP contribution in [0.25, 0.3) is 0 Å². The minimum atomic E-state index is -3.11. The SMILES string of the molecule is CCCCN(C(=O)c1ccc(C(=O)O)o1)C1CCS(=O)(=O)C1. The Morgan fingerprint density at radius 2 is 2.05 bits per heavy atom. The molecule has 1 amide bonds. The first-order valence-electron chi connectivity index (χ1n) is 7.18. The highest BCUT2D eigenvalue weighted by Gasteiger charge is 2.35. The zero-order valence-electron chi connectivity index (χ0n) is 12.3. The second kappa shape index (κ2) is 6.51. The molecule has 1 aliphatic rings. The van der Waals surface area contributed by atoms with E-state index in [2.05, 4.69) is 0 Å². The van der Waals surface area contributed by atoms with E-state index in [-0.39, 0.29) is 29.1 Å². The highest BCUT2D eigenvalue weighted by molar-refractivity contribution is 7.91. The molecule has 1 aromatic rings. The van der Waals surface area contributed by atoms with Gasteiger partial charge >= 0.3 is 5.97 Å². The van der Waals surface area contributed by atoms with Gasteiger partial charge in [-0.3, -0.25) is 4.79 Å². The van der Waals surface area contributed by atoms with Crippen LogP contribution in [-0.4, -0.2) is 54.4 Å². The van der Waals surface area contributed by atoms with Crippen LogP contribution in [0.15, 0.2) is 16.5 Å². The first-order chi connectivity index (χ1) is 10.3. The van der Waals surface area contributed by atoms with E-state index in [1.165, 1.54) is 17.0 Å². The standard InChI is InChI=1S/C14H19NO6S/c1-2-3-7-15(10-6-8-22(19,20)9-10)13(16)11-4-5-12(21-11)14(17)18/h4-5,10H,2-3,6-9H2,1H3,(H,17,18). The third kappa shape index (κ3) is 3.68. The molecule has 1 aromatic heterocycles. The van der Waals surface area contributed by atoms with E-state index >= 15 is 0 Å². The summed E-state index contributed by atoms with van der Waals surface area (Å²) >= 11 is 0. The Labute approximate surface area is 128 Å². The summed E-state index contributed by atoms with van der Waals surface area (Å²) in [4.78, 5) is 24.8. The van der Waals surface area contributed by atoms with E-state index in [1.807, 2.05) is 6.92 Å². The summed E-state index contributed by atoms with van der Waals surface area (Å²) in [6, 6.07) is 2.16. The summed E-state index contributed by atoms with van der Waals surface area (Å²) in [7, 11) is -3.11. The van der Waals surface area contributed by atoms with Gasteiger partial charge in [0.15, 0.2) is 15.6 Å². The summed E-state index contributed by atoms with van der Waals surface area (Å²) in [6.07, 6.45) is 2.01. The van der Waals surface area contributed by atoms with E-state index in [4.69, 9.17) is 9.52 Å². The molecule has 1 unspecified atom stereocenters. The second-order valence-electron chi connectivity index (χ2n) is 5.38. The van der Waals surface area contributed by atoms with E-state index in [0.29, 0.717) is 13.0 Å². The summed E-state index contributed by atoms with van der Waals surface area (Å²) < 4.78 is 28.3. The van der Waals surface area contributed by atoms with Crippen LogP contribution in [-0.2, 0) is 9.84 Å². The molecule has 1 fully saturated rings. The number of aromatic carboxylic acids is 1. The molecule has 0 radical (unpaired) electrons. The number of hydrogen-bond donors (Lipinski definition) is 1. The first kappa shape index (κ1) is 16.5. The van der Waals surface area contributed by atoms with Crippen LogP contribution in [0.3, 0.4) is 0 Å². The van der Waals surface area contributed by atoms with Gasteiger partial charge in [0.25, 0.3) is 5.91 Å². The average Bonchev–Trinajstić information content (AvgIpc) is 3.06. The van der Waals surface area contributed by atoms with Crippen molar-refractivity contribution in [3.63, 3.8) is 0 Å². The zero-order valence-corrected chi connectivity index (χ0v) is 13.1. The van der Waals surface area contributed by atoms with Gasteiger partial charge in [-0.15, -0.1) is 0 Å². The molecule has 0 aliphatic carbocycles. The molecule has 1 saturated heterocycles. The molecule has 0 bridgehead atoms. The normalized spacial score (nSPS) is 20.0. The topological polar surface area (TPSA) is 105 Å². The van der Waals surface area contributed by atoms with Crippen molar-refractivity contribution in [2.24, 2.45) is 0 Å². The third-order valence-corrected chi connectivity index (χ3v) is 5.44. The van der Waals surface area contributed by atoms with Gasteiger partial charge < -0.3 is 14.4 Å². The van der Waals surface area contributed by atoms with Gasteiger partial charge in [-0.1, -0.05) is 13.3 Å². The number of furan rings is 1. The summed E-state index contributed by atoms with van der Waals surface area (Å²) in [6.45, 7) is 2.40. The molecule has 1 aliphatic heterocycles. The Balaban J connectivity index is 2.20. The number of hydrogen-bond acceptors (Lipinski definition) is 5. The minimum Gasteiger partial charge on any atom is -0.475 e. The number of carbonyl (C=O) groups excluding carboxylic acids is 1. The molecule has 0 saturated carbocycles. The first-order valence-corrected chi connectivity index (χ1v) is 9.00. The van der Waals surface area contributed by atoms with Crippen LogP contribution in [0.5, 0.6) is 0 Å². The van der Waals surface area contributed by atoms with Gasteiger partial charge in [0.05, 0.1) is 11.5 Å². The zero-order chi connectivity index (χ0) is 16.3. The van der Waals surface area contributed by atoms with Crippen molar-refractivity contribution in [3.05, 3.63) is 23.7 Å². The van der Waals surface area contributed by atoms with E-state index in [1.54, 1.807) is 0 Å². The van der Waals surface area contributed by atoms with Crippen LogP contribution in [0, 0.1) is 0 Å². The van der Waals surface area contributed by atoms with Gasteiger partial charge in [-0.05, 0) is 25.0 Å². The summed E-state index contributed by atoms with van der Waals surface area (Å²) in [5.74, 6) is -2.05. The molecule has 1 N–H and O–H groups in total. The van der Waals surface area contributed by atoms with Crippen LogP contribution in [0.2, 0.25) is 0 Å².